The van der Waals surface area contributed by atoms with E-state index in [0.717, 1.165) is 26.7 Å². The minimum absolute atomic E-state index is 0.00552. The van der Waals surface area contributed by atoms with Gasteiger partial charge in [-0.15, -0.1) is 11.3 Å². The zero-order valence-corrected chi connectivity index (χ0v) is 16.0. The first-order valence-corrected chi connectivity index (χ1v) is 9.33. The van der Waals surface area contributed by atoms with Crippen LogP contribution < -0.4 is 10.1 Å². The van der Waals surface area contributed by atoms with E-state index in [4.69, 9.17) is 4.74 Å². The lowest BCUT2D eigenvalue weighted by molar-refractivity contribution is -0.123. The minimum atomic E-state index is -0.143. The van der Waals surface area contributed by atoms with Gasteiger partial charge in [0.05, 0.1) is 12.2 Å². The molecule has 1 heterocycles. The third-order valence-electron chi connectivity index (χ3n) is 4.11. The molecule has 0 saturated carbocycles. The molecule has 1 amide bonds. The highest BCUT2D eigenvalue weighted by Gasteiger charge is 2.12. The SMILES string of the molecule is Cc1ccc(OCC(=O)NCc2sc(-c3ccccc3C)nc2C)cc1. The molecule has 1 aromatic heterocycles. The van der Waals surface area contributed by atoms with Gasteiger partial charge in [0.2, 0.25) is 0 Å². The molecule has 0 atom stereocenters. The smallest absolute Gasteiger partial charge is 0.258 e. The van der Waals surface area contributed by atoms with Gasteiger partial charge in [0.1, 0.15) is 10.8 Å². The summed E-state index contributed by atoms with van der Waals surface area (Å²) in [4.78, 5) is 17.8. The van der Waals surface area contributed by atoms with Crippen LogP contribution in [-0.4, -0.2) is 17.5 Å². The summed E-state index contributed by atoms with van der Waals surface area (Å²) in [6, 6.07) is 15.8. The first kappa shape index (κ1) is 18.1. The number of hydrogen-bond acceptors (Lipinski definition) is 4. The van der Waals surface area contributed by atoms with Crippen molar-refractivity contribution in [2.45, 2.75) is 27.3 Å². The fraction of sp³-hybridized carbons (Fsp3) is 0.238. The largest absolute Gasteiger partial charge is 0.484 e. The van der Waals surface area contributed by atoms with E-state index in [2.05, 4.69) is 29.4 Å². The van der Waals surface area contributed by atoms with Crippen LogP contribution in [0.2, 0.25) is 0 Å². The lowest BCUT2D eigenvalue weighted by Gasteiger charge is -2.07. The van der Waals surface area contributed by atoms with Gasteiger partial charge in [-0.05, 0) is 38.5 Å². The van der Waals surface area contributed by atoms with Gasteiger partial charge >= 0.3 is 0 Å². The lowest BCUT2D eigenvalue weighted by atomic mass is 10.1. The van der Waals surface area contributed by atoms with Crippen LogP contribution in [0.25, 0.3) is 10.6 Å². The summed E-state index contributed by atoms with van der Waals surface area (Å²) < 4.78 is 5.51. The Balaban J connectivity index is 1.57. The number of rotatable bonds is 6. The zero-order chi connectivity index (χ0) is 18.5. The number of carbonyl (C=O) groups is 1. The fourth-order valence-corrected chi connectivity index (χ4v) is 3.63. The molecule has 3 aromatic rings. The predicted molar refractivity (Wildman–Crippen MR) is 106 cm³/mol. The van der Waals surface area contributed by atoms with Crippen molar-refractivity contribution in [1.29, 1.82) is 0 Å². The first-order chi connectivity index (χ1) is 12.5. The van der Waals surface area contributed by atoms with Crippen LogP contribution in [0.3, 0.4) is 0 Å². The van der Waals surface area contributed by atoms with Crippen LogP contribution in [0.1, 0.15) is 21.7 Å². The van der Waals surface area contributed by atoms with Crippen LogP contribution in [0.5, 0.6) is 5.75 Å². The first-order valence-electron chi connectivity index (χ1n) is 8.51. The van der Waals surface area contributed by atoms with Crippen LogP contribution in [0.4, 0.5) is 0 Å². The second-order valence-corrected chi connectivity index (χ2v) is 7.30. The zero-order valence-electron chi connectivity index (χ0n) is 15.2. The maximum Gasteiger partial charge on any atom is 0.258 e. The molecule has 0 aliphatic heterocycles. The summed E-state index contributed by atoms with van der Waals surface area (Å²) >= 11 is 1.62. The van der Waals surface area contributed by atoms with Crippen molar-refractivity contribution in [2.24, 2.45) is 0 Å². The predicted octanol–water partition coefficient (Wildman–Crippen LogP) is 4.43. The Bertz CT molecular complexity index is 901. The number of aromatic nitrogens is 1. The molecule has 0 saturated heterocycles. The average molecular weight is 366 g/mol. The molecular weight excluding hydrogens is 344 g/mol. The molecular formula is C21H22N2O2S. The quantitative estimate of drug-likeness (QED) is 0.702. The van der Waals surface area contributed by atoms with E-state index in [0.29, 0.717) is 12.3 Å². The molecule has 2 aromatic carbocycles. The normalized spacial score (nSPS) is 10.6. The maximum atomic E-state index is 12.0. The van der Waals surface area contributed by atoms with E-state index in [-0.39, 0.29) is 12.5 Å². The van der Waals surface area contributed by atoms with Gasteiger partial charge < -0.3 is 10.1 Å². The highest BCUT2D eigenvalue weighted by molar-refractivity contribution is 7.15. The number of nitrogens with one attached hydrogen (secondary N) is 1. The van der Waals surface area contributed by atoms with Gasteiger partial charge in [-0.1, -0.05) is 42.0 Å². The van der Waals surface area contributed by atoms with Crippen LogP contribution >= 0.6 is 11.3 Å². The number of hydrogen-bond donors (Lipinski definition) is 1. The molecule has 0 bridgehead atoms. The Morgan fingerprint density at radius 3 is 2.54 bits per heavy atom. The highest BCUT2D eigenvalue weighted by Crippen LogP contribution is 2.29. The average Bonchev–Trinajstić information content (AvgIpc) is 3.00. The van der Waals surface area contributed by atoms with Crippen molar-refractivity contribution in [3.05, 3.63) is 70.2 Å². The van der Waals surface area contributed by atoms with E-state index in [1.807, 2.05) is 50.2 Å². The monoisotopic (exact) mass is 366 g/mol. The second kappa shape index (κ2) is 8.15. The van der Waals surface area contributed by atoms with Crippen molar-refractivity contribution in [1.82, 2.24) is 10.3 Å². The molecule has 26 heavy (non-hydrogen) atoms. The van der Waals surface area contributed by atoms with Gasteiger partial charge in [-0.25, -0.2) is 4.98 Å². The number of nitrogens with zero attached hydrogens (tertiary/aromatic N) is 1. The highest BCUT2D eigenvalue weighted by atomic mass is 32.1. The molecule has 0 fully saturated rings. The van der Waals surface area contributed by atoms with Crippen LogP contribution in [-0.2, 0) is 11.3 Å². The van der Waals surface area contributed by atoms with Crippen molar-refractivity contribution in [3.8, 4) is 16.3 Å². The van der Waals surface area contributed by atoms with Crippen LogP contribution in [0.15, 0.2) is 48.5 Å². The summed E-state index contributed by atoms with van der Waals surface area (Å²) in [6.07, 6.45) is 0. The molecule has 0 unspecified atom stereocenters. The van der Waals surface area contributed by atoms with E-state index < -0.39 is 0 Å². The molecule has 0 aliphatic carbocycles. The summed E-state index contributed by atoms with van der Waals surface area (Å²) in [5.74, 6) is 0.553. The Morgan fingerprint density at radius 2 is 1.81 bits per heavy atom. The van der Waals surface area contributed by atoms with E-state index in [1.54, 1.807) is 11.3 Å². The molecule has 134 valence electrons. The third kappa shape index (κ3) is 4.49. The Hall–Kier alpha value is -2.66. The molecule has 0 aliphatic rings. The van der Waals surface area contributed by atoms with Gasteiger partial charge in [-0.3, -0.25) is 4.79 Å². The molecule has 5 heteroatoms. The summed E-state index contributed by atoms with van der Waals surface area (Å²) in [6.45, 7) is 6.54. The van der Waals surface area contributed by atoms with Gasteiger partial charge in [0.15, 0.2) is 6.61 Å². The third-order valence-corrected chi connectivity index (χ3v) is 5.30. The number of carbonyl (C=O) groups excluding carboxylic acids is 1. The number of ether oxygens (including phenoxy) is 1. The summed E-state index contributed by atoms with van der Waals surface area (Å²) in [5.41, 5.74) is 4.45. The number of amides is 1. The Labute approximate surface area is 157 Å². The Kier molecular flexibility index (Phi) is 5.68. The van der Waals surface area contributed by atoms with Crippen molar-refractivity contribution < 1.29 is 9.53 Å². The van der Waals surface area contributed by atoms with Gasteiger partial charge in [-0.2, -0.15) is 0 Å². The summed E-state index contributed by atoms with van der Waals surface area (Å²) in [7, 11) is 0. The van der Waals surface area contributed by atoms with Gasteiger partial charge in [0, 0.05) is 10.4 Å². The molecule has 0 radical (unpaired) electrons. The van der Waals surface area contributed by atoms with Crippen molar-refractivity contribution in [3.63, 3.8) is 0 Å². The Morgan fingerprint density at radius 1 is 1.08 bits per heavy atom. The maximum absolute atomic E-state index is 12.0. The van der Waals surface area contributed by atoms with E-state index in [9.17, 15) is 4.79 Å². The molecule has 0 spiro atoms. The summed E-state index contributed by atoms with van der Waals surface area (Å²) in [5, 5.41) is 3.89. The second-order valence-electron chi connectivity index (χ2n) is 6.22. The van der Waals surface area contributed by atoms with E-state index >= 15 is 0 Å². The minimum Gasteiger partial charge on any atom is -0.484 e. The molecule has 4 nitrogen and oxygen atoms in total. The number of aryl methyl sites for hydroxylation is 3. The molecule has 1 N–H and O–H groups in total. The number of thiazole rings is 1. The molecule has 3 rings (SSSR count). The standard InChI is InChI=1S/C21H22N2O2S/c1-14-8-10-17(11-9-14)25-13-20(24)22-12-19-16(3)23-21(26-19)18-7-5-4-6-15(18)2/h4-11H,12-13H2,1-3H3,(H,22,24). The van der Waals surface area contributed by atoms with E-state index in [1.165, 1.54) is 5.56 Å². The lowest BCUT2D eigenvalue weighted by Crippen LogP contribution is -2.28. The number of benzene rings is 2. The van der Waals surface area contributed by atoms with Gasteiger partial charge in [0.25, 0.3) is 5.91 Å². The topological polar surface area (TPSA) is 51.2 Å². The van der Waals surface area contributed by atoms with Crippen molar-refractivity contribution >= 4 is 17.2 Å². The van der Waals surface area contributed by atoms with Crippen LogP contribution in [0, 0.1) is 20.8 Å². The fourth-order valence-electron chi connectivity index (χ4n) is 2.53. The van der Waals surface area contributed by atoms with Crippen molar-refractivity contribution in [2.75, 3.05) is 6.61 Å².